The predicted octanol–water partition coefficient (Wildman–Crippen LogP) is 2.44. The van der Waals surface area contributed by atoms with Gasteiger partial charge >= 0.3 is 0 Å². The highest BCUT2D eigenvalue weighted by Crippen LogP contribution is 2.37. The Balaban J connectivity index is 1.80. The molecule has 0 N–H and O–H groups in total. The minimum atomic E-state index is 0.404. The maximum atomic E-state index is 11.8. The number of nitrogens with zero attached hydrogens (tertiary/aromatic N) is 1. The minimum absolute atomic E-state index is 0.404. The molecule has 1 saturated heterocycles. The van der Waals surface area contributed by atoms with E-state index in [0.29, 0.717) is 5.91 Å². The summed E-state index contributed by atoms with van der Waals surface area (Å²) in [5.74, 6) is 2.10. The SMILES string of the molecule is CCCCC(=O)N1CC2CCCC2C1. The summed E-state index contributed by atoms with van der Waals surface area (Å²) < 4.78 is 0. The highest BCUT2D eigenvalue weighted by Gasteiger charge is 2.37. The number of amides is 1. The third-order valence-electron chi connectivity index (χ3n) is 3.82. The molecule has 80 valence electrons. The van der Waals surface area contributed by atoms with Gasteiger partial charge in [-0.05, 0) is 31.1 Å². The molecule has 0 aromatic rings. The molecule has 1 aliphatic carbocycles. The lowest BCUT2D eigenvalue weighted by Gasteiger charge is -2.16. The highest BCUT2D eigenvalue weighted by molar-refractivity contribution is 5.76. The summed E-state index contributed by atoms with van der Waals surface area (Å²) in [6.45, 7) is 4.27. The van der Waals surface area contributed by atoms with E-state index in [1.165, 1.54) is 19.3 Å². The smallest absolute Gasteiger partial charge is 0.222 e. The first kappa shape index (κ1) is 10.0. The fraction of sp³-hybridized carbons (Fsp3) is 0.917. The Morgan fingerprint density at radius 3 is 2.50 bits per heavy atom. The van der Waals surface area contributed by atoms with Crippen molar-refractivity contribution < 1.29 is 4.79 Å². The predicted molar refractivity (Wildman–Crippen MR) is 56.9 cm³/mol. The summed E-state index contributed by atoms with van der Waals surface area (Å²) in [4.78, 5) is 13.9. The molecule has 2 aliphatic rings. The molecule has 2 heteroatoms. The molecule has 1 heterocycles. The molecule has 1 aliphatic heterocycles. The molecule has 0 spiro atoms. The standard InChI is InChI=1S/C12H21NO/c1-2-3-7-12(14)13-8-10-5-4-6-11(10)9-13/h10-11H,2-9H2,1H3. The normalized spacial score (nSPS) is 30.8. The Morgan fingerprint density at radius 2 is 1.93 bits per heavy atom. The average molecular weight is 195 g/mol. The van der Waals surface area contributed by atoms with E-state index in [-0.39, 0.29) is 0 Å². The molecule has 2 nitrogen and oxygen atoms in total. The maximum absolute atomic E-state index is 11.8. The lowest BCUT2D eigenvalue weighted by atomic mass is 10.0. The van der Waals surface area contributed by atoms with Gasteiger partial charge in [-0.1, -0.05) is 19.8 Å². The summed E-state index contributed by atoms with van der Waals surface area (Å²) in [7, 11) is 0. The van der Waals surface area contributed by atoms with Crippen molar-refractivity contribution in [3.63, 3.8) is 0 Å². The number of likely N-dealkylation sites (tertiary alicyclic amines) is 1. The van der Waals surface area contributed by atoms with Crippen LogP contribution in [0.3, 0.4) is 0 Å². The number of hydrogen-bond donors (Lipinski definition) is 0. The molecule has 2 fully saturated rings. The van der Waals surface area contributed by atoms with Gasteiger partial charge in [0, 0.05) is 19.5 Å². The molecule has 2 unspecified atom stereocenters. The van der Waals surface area contributed by atoms with Crippen molar-refractivity contribution in [2.45, 2.75) is 45.4 Å². The van der Waals surface area contributed by atoms with Crippen LogP contribution in [0.5, 0.6) is 0 Å². The zero-order chi connectivity index (χ0) is 9.97. The lowest BCUT2D eigenvalue weighted by molar-refractivity contribution is -0.130. The third kappa shape index (κ3) is 1.94. The van der Waals surface area contributed by atoms with Crippen molar-refractivity contribution in [3.8, 4) is 0 Å². The van der Waals surface area contributed by atoms with E-state index in [1.807, 2.05) is 0 Å². The number of hydrogen-bond acceptors (Lipinski definition) is 1. The molecular weight excluding hydrogens is 174 g/mol. The van der Waals surface area contributed by atoms with Crippen molar-refractivity contribution in [1.82, 2.24) is 4.90 Å². The Kier molecular flexibility index (Phi) is 3.09. The zero-order valence-corrected chi connectivity index (χ0v) is 9.17. The van der Waals surface area contributed by atoms with Crippen LogP contribution in [-0.2, 0) is 4.79 Å². The van der Waals surface area contributed by atoms with Crippen LogP contribution in [-0.4, -0.2) is 23.9 Å². The van der Waals surface area contributed by atoms with Crippen LogP contribution >= 0.6 is 0 Å². The van der Waals surface area contributed by atoms with Gasteiger partial charge in [-0.15, -0.1) is 0 Å². The molecule has 1 saturated carbocycles. The van der Waals surface area contributed by atoms with Crippen molar-refractivity contribution in [2.24, 2.45) is 11.8 Å². The van der Waals surface area contributed by atoms with E-state index in [4.69, 9.17) is 0 Å². The van der Waals surface area contributed by atoms with Gasteiger partial charge in [-0.2, -0.15) is 0 Å². The number of carbonyl (C=O) groups excluding carboxylic acids is 1. The molecule has 0 radical (unpaired) electrons. The minimum Gasteiger partial charge on any atom is -0.342 e. The van der Waals surface area contributed by atoms with E-state index in [2.05, 4.69) is 11.8 Å². The van der Waals surface area contributed by atoms with Crippen molar-refractivity contribution in [2.75, 3.05) is 13.1 Å². The summed E-state index contributed by atoms with van der Waals surface area (Å²) in [5.41, 5.74) is 0. The quantitative estimate of drug-likeness (QED) is 0.677. The highest BCUT2D eigenvalue weighted by atomic mass is 16.2. The topological polar surface area (TPSA) is 20.3 Å². The first-order chi connectivity index (χ1) is 6.81. The third-order valence-corrected chi connectivity index (χ3v) is 3.82. The van der Waals surface area contributed by atoms with Crippen LogP contribution in [0.4, 0.5) is 0 Å². The zero-order valence-electron chi connectivity index (χ0n) is 9.17. The molecule has 0 bridgehead atoms. The lowest BCUT2D eigenvalue weighted by Crippen LogP contribution is -2.29. The van der Waals surface area contributed by atoms with Crippen LogP contribution in [0.15, 0.2) is 0 Å². The van der Waals surface area contributed by atoms with E-state index in [1.54, 1.807) is 0 Å². The Hall–Kier alpha value is -0.530. The summed E-state index contributed by atoms with van der Waals surface area (Å²) in [6.07, 6.45) is 7.09. The molecule has 14 heavy (non-hydrogen) atoms. The summed E-state index contributed by atoms with van der Waals surface area (Å²) in [5, 5.41) is 0. The molecular formula is C12H21NO. The molecule has 2 rings (SSSR count). The van der Waals surface area contributed by atoms with Crippen LogP contribution in [0.2, 0.25) is 0 Å². The Morgan fingerprint density at radius 1 is 1.29 bits per heavy atom. The van der Waals surface area contributed by atoms with Crippen LogP contribution in [0.25, 0.3) is 0 Å². The maximum Gasteiger partial charge on any atom is 0.222 e. The van der Waals surface area contributed by atoms with Gasteiger partial charge in [0.15, 0.2) is 0 Å². The molecule has 0 aromatic carbocycles. The van der Waals surface area contributed by atoms with Gasteiger partial charge in [0.1, 0.15) is 0 Å². The van der Waals surface area contributed by atoms with Gasteiger partial charge < -0.3 is 4.90 Å². The number of carbonyl (C=O) groups is 1. The average Bonchev–Trinajstić information content (AvgIpc) is 2.72. The monoisotopic (exact) mass is 195 g/mol. The van der Waals surface area contributed by atoms with E-state index in [9.17, 15) is 4.79 Å². The van der Waals surface area contributed by atoms with Gasteiger partial charge in [0.2, 0.25) is 5.91 Å². The number of unbranched alkanes of at least 4 members (excludes halogenated alkanes) is 1. The van der Waals surface area contributed by atoms with Crippen molar-refractivity contribution in [1.29, 1.82) is 0 Å². The fourth-order valence-corrected chi connectivity index (χ4v) is 2.92. The van der Waals surface area contributed by atoms with Crippen molar-refractivity contribution in [3.05, 3.63) is 0 Å². The molecule has 1 amide bonds. The second kappa shape index (κ2) is 4.33. The fourth-order valence-electron chi connectivity index (χ4n) is 2.92. The van der Waals surface area contributed by atoms with E-state index < -0.39 is 0 Å². The Labute approximate surface area is 86.7 Å². The number of rotatable bonds is 3. The van der Waals surface area contributed by atoms with E-state index in [0.717, 1.165) is 44.2 Å². The summed E-state index contributed by atoms with van der Waals surface area (Å²) in [6, 6.07) is 0. The largest absolute Gasteiger partial charge is 0.342 e. The van der Waals surface area contributed by atoms with Gasteiger partial charge in [-0.25, -0.2) is 0 Å². The molecule has 2 atom stereocenters. The first-order valence-corrected chi connectivity index (χ1v) is 6.09. The van der Waals surface area contributed by atoms with Crippen LogP contribution < -0.4 is 0 Å². The van der Waals surface area contributed by atoms with Crippen molar-refractivity contribution >= 4 is 5.91 Å². The van der Waals surface area contributed by atoms with Gasteiger partial charge in [0.05, 0.1) is 0 Å². The Bertz CT molecular complexity index is 202. The van der Waals surface area contributed by atoms with Gasteiger partial charge in [-0.3, -0.25) is 4.79 Å². The van der Waals surface area contributed by atoms with Gasteiger partial charge in [0.25, 0.3) is 0 Å². The second-order valence-electron chi connectivity index (χ2n) is 4.85. The van der Waals surface area contributed by atoms with E-state index >= 15 is 0 Å². The molecule has 0 aromatic heterocycles. The summed E-state index contributed by atoms with van der Waals surface area (Å²) >= 11 is 0. The van der Waals surface area contributed by atoms with Crippen LogP contribution in [0.1, 0.15) is 45.4 Å². The number of fused-ring (bicyclic) bond motifs is 1. The second-order valence-corrected chi connectivity index (χ2v) is 4.85. The first-order valence-electron chi connectivity index (χ1n) is 6.09. The van der Waals surface area contributed by atoms with Crippen LogP contribution in [0, 0.1) is 11.8 Å².